The predicted octanol–water partition coefficient (Wildman–Crippen LogP) is 2.66. The first-order chi connectivity index (χ1) is 8.51. The van der Waals surface area contributed by atoms with Gasteiger partial charge in [0, 0.05) is 24.2 Å². The lowest BCUT2D eigenvalue weighted by Gasteiger charge is -2.17. The molecule has 1 aliphatic carbocycles. The summed E-state index contributed by atoms with van der Waals surface area (Å²) in [5.41, 5.74) is -1.45. The van der Waals surface area contributed by atoms with Crippen LogP contribution in [0.3, 0.4) is 0 Å². The van der Waals surface area contributed by atoms with Gasteiger partial charge in [-0.25, -0.2) is 13.2 Å². The van der Waals surface area contributed by atoms with Crippen LogP contribution in [-0.4, -0.2) is 12.5 Å². The summed E-state index contributed by atoms with van der Waals surface area (Å²) in [6.45, 7) is 2.35. The van der Waals surface area contributed by atoms with E-state index in [2.05, 4.69) is 5.32 Å². The first-order valence-corrected chi connectivity index (χ1v) is 5.94. The van der Waals surface area contributed by atoms with Gasteiger partial charge in [0.25, 0.3) is 0 Å². The number of amides is 1. The fraction of sp³-hybridized carbons (Fsp3) is 0.462. The highest BCUT2D eigenvalue weighted by Crippen LogP contribution is 2.50. The first kappa shape index (κ1) is 12.9. The summed E-state index contributed by atoms with van der Waals surface area (Å²) in [5, 5.41) is 2.64. The smallest absolute Gasteiger partial charge is 0.230 e. The average Bonchev–Trinajstić information content (AvgIpc) is 3.06. The van der Waals surface area contributed by atoms with Crippen LogP contribution < -0.4 is 5.32 Å². The monoisotopic (exact) mass is 257 g/mol. The Morgan fingerprint density at radius 1 is 1.28 bits per heavy atom. The van der Waals surface area contributed by atoms with E-state index in [1.54, 1.807) is 0 Å². The number of hydrogen-bond acceptors (Lipinski definition) is 1. The quantitative estimate of drug-likeness (QED) is 0.882. The molecule has 2 rings (SSSR count). The molecule has 1 amide bonds. The number of carbonyl (C=O) groups excluding carboxylic acids is 1. The third-order valence-corrected chi connectivity index (χ3v) is 3.21. The SMILES string of the molecule is CCCNC(=O)C1(c2c(F)cc(F)cc2F)CC1. The summed E-state index contributed by atoms with van der Waals surface area (Å²) >= 11 is 0. The summed E-state index contributed by atoms with van der Waals surface area (Å²) in [7, 11) is 0. The van der Waals surface area contributed by atoms with Crippen LogP contribution in [0.1, 0.15) is 31.7 Å². The molecule has 18 heavy (non-hydrogen) atoms. The number of carbonyl (C=O) groups is 1. The molecule has 1 saturated carbocycles. The second-order valence-electron chi connectivity index (χ2n) is 4.58. The third-order valence-electron chi connectivity index (χ3n) is 3.21. The van der Waals surface area contributed by atoms with Crippen LogP contribution in [-0.2, 0) is 10.2 Å². The van der Waals surface area contributed by atoms with Gasteiger partial charge in [0.1, 0.15) is 17.5 Å². The molecular weight excluding hydrogens is 243 g/mol. The lowest BCUT2D eigenvalue weighted by atomic mass is 9.93. The number of nitrogens with one attached hydrogen (secondary N) is 1. The van der Waals surface area contributed by atoms with Crippen LogP contribution in [0, 0.1) is 17.5 Å². The summed E-state index contributed by atoms with van der Waals surface area (Å²) in [5.74, 6) is -3.33. The van der Waals surface area contributed by atoms with Gasteiger partial charge in [-0.15, -0.1) is 0 Å². The van der Waals surface area contributed by atoms with Crippen molar-refractivity contribution >= 4 is 5.91 Å². The summed E-state index contributed by atoms with van der Waals surface area (Å²) < 4.78 is 40.2. The van der Waals surface area contributed by atoms with Crippen molar-refractivity contribution in [2.45, 2.75) is 31.6 Å². The summed E-state index contributed by atoms with van der Waals surface area (Å²) in [4.78, 5) is 11.9. The molecule has 0 radical (unpaired) electrons. The highest BCUT2D eigenvalue weighted by Gasteiger charge is 2.54. The van der Waals surface area contributed by atoms with Gasteiger partial charge in [0.05, 0.1) is 5.41 Å². The van der Waals surface area contributed by atoms with E-state index in [-0.39, 0.29) is 11.5 Å². The fourth-order valence-corrected chi connectivity index (χ4v) is 2.12. The van der Waals surface area contributed by atoms with Crippen molar-refractivity contribution in [2.75, 3.05) is 6.54 Å². The van der Waals surface area contributed by atoms with Gasteiger partial charge in [-0.3, -0.25) is 4.79 Å². The van der Waals surface area contributed by atoms with Gasteiger partial charge in [-0.1, -0.05) is 6.92 Å². The Bertz CT molecular complexity index is 460. The lowest BCUT2D eigenvalue weighted by molar-refractivity contribution is -0.123. The highest BCUT2D eigenvalue weighted by atomic mass is 19.1. The molecule has 0 aliphatic heterocycles. The van der Waals surface area contributed by atoms with Crippen LogP contribution in [0.2, 0.25) is 0 Å². The molecule has 2 nitrogen and oxygen atoms in total. The molecule has 0 saturated heterocycles. The van der Waals surface area contributed by atoms with E-state index in [1.165, 1.54) is 0 Å². The number of benzene rings is 1. The molecule has 1 fully saturated rings. The zero-order valence-electron chi connectivity index (χ0n) is 10.0. The maximum atomic E-state index is 13.7. The maximum absolute atomic E-state index is 13.7. The van der Waals surface area contributed by atoms with E-state index in [0.29, 0.717) is 31.5 Å². The Kier molecular flexibility index (Phi) is 3.32. The van der Waals surface area contributed by atoms with E-state index in [9.17, 15) is 18.0 Å². The zero-order chi connectivity index (χ0) is 13.3. The molecular formula is C13H14F3NO. The Morgan fingerprint density at radius 3 is 2.28 bits per heavy atom. The molecule has 0 unspecified atom stereocenters. The Labute approximate surface area is 103 Å². The molecule has 98 valence electrons. The largest absolute Gasteiger partial charge is 0.355 e. The molecule has 1 aliphatic rings. The standard InChI is InChI=1S/C13H14F3NO/c1-2-5-17-12(18)13(3-4-13)11-9(15)6-8(14)7-10(11)16/h6-7H,2-5H2,1H3,(H,17,18). The minimum Gasteiger partial charge on any atom is -0.355 e. The van der Waals surface area contributed by atoms with E-state index >= 15 is 0 Å². The Hall–Kier alpha value is -1.52. The maximum Gasteiger partial charge on any atom is 0.230 e. The van der Waals surface area contributed by atoms with Gasteiger partial charge in [-0.2, -0.15) is 0 Å². The molecule has 1 aromatic rings. The van der Waals surface area contributed by atoms with Crippen molar-refractivity contribution in [1.29, 1.82) is 0 Å². The van der Waals surface area contributed by atoms with E-state index in [4.69, 9.17) is 0 Å². The van der Waals surface area contributed by atoms with Gasteiger partial charge >= 0.3 is 0 Å². The molecule has 1 N–H and O–H groups in total. The first-order valence-electron chi connectivity index (χ1n) is 5.94. The molecule has 0 atom stereocenters. The van der Waals surface area contributed by atoms with Crippen molar-refractivity contribution in [3.8, 4) is 0 Å². The summed E-state index contributed by atoms with van der Waals surface area (Å²) in [6, 6.07) is 1.23. The van der Waals surface area contributed by atoms with Gasteiger partial charge in [0.15, 0.2) is 0 Å². The third kappa shape index (κ3) is 2.09. The normalized spacial score (nSPS) is 16.4. The van der Waals surface area contributed by atoms with Gasteiger partial charge in [0.2, 0.25) is 5.91 Å². The lowest BCUT2D eigenvalue weighted by Crippen LogP contribution is -2.36. The van der Waals surface area contributed by atoms with Crippen LogP contribution in [0.4, 0.5) is 13.2 Å². The molecule has 0 heterocycles. The van der Waals surface area contributed by atoms with Crippen molar-refractivity contribution in [3.05, 3.63) is 35.1 Å². The van der Waals surface area contributed by atoms with Crippen molar-refractivity contribution < 1.29 is 18.0 Å². The van der Waals surface area contributed by atoms with Gasteiger partial charge in [-0.05, 0) is 19.3 Å². The molecule has 0 bridgehead atoms. The minimum absolute atomic E-state index is 0.308. The van der Waals surface area contributed by atoms with Crippen LogP contribution in [0.5, 0.6) is 0 Å². The fourth-order valence-electron chi connectivity index (χ4n) is 2.12. The minimum atomic E-state index is -1.14. The second-order valence-corrected chi connectivity index (χ2v) is 4.58. The van der Waals surface area contributed by atoms with Crippen molar-refractivity contribution in [3.63, 3.8) is 0 Å². The van der Waals surface area contributed by atoms with E-state index < -0.39 is 22.9 Å². The molecule has 0 aromatic heterocycles. The highest BCUT2D eigenvalue weighted by molar-refractivity contribution is 5.91. The average molecular weight is 257 g/mol. The molecule has 0 spiro atoms. The molecule has 1 aromatic carbocycles. The van der Waals surface area contributed by atoms with Crippen LogP contribution in [0.15, 0.2) is 12.1 Å². The Morgan fingerprint density at radius 2 is 1.83 bits per heavy atom. The van der Waals surface area contributed by atoms with Crippen LogP contribution >= 0.6 is 0 Å². The number of rotatable bonds is 4. The van der Waals surface area contributed by atoms with E-state index in [0.717, 1.165) is 6.42 Å². The van der Waals surface area contributed by atoms with Crippen molar-refractivity contribution in [1.82, 2.24) is 5.32 Å². The summed E-state index contributed by atoms with van der Waals surface area (Å²) in [6.07, 6.45) is 1.53. The van der Waals surface area contributed by atoms with E-state index in [1.807, 2.05) is 6.92 Å². The second kappa shape index (κ2) is 4.63. The Balaban J connectivity index is 2.34. The number of halogens is 3. The predicted molar refractivity (Wildman–Crippen MR) is 60.5 cm³/mol. The number of hydrogen-bond donors (Lipinski definition) is 1. The van der Waals surface area contributed by atoms with Crippen molar-refractivity contribution in [2.24, 2.45) is 0 Å². The topological polar surface area (TPSA) is 29.1 Å². The zero-order valence-corrected chi connectivity index (χ0v) is 10.0. The van der Waals surface area contributed by atoms with Crippen LogP contribution in [0.25, 0.3) is 0 Å². The molecule has 5 heteroatoms. The van der Waals surface area contributed by atoms with Gasteiger partial charge < -0.3 is 5.32 Å².